The third-order valence-corrected chi connectivity index (χ3v) is 3.26. The van der Waals surface area contributed by atoms with E-state index in [0.29, 0.717) is 11.3 Å². The van der Waals surface area contributed by atoms with Crippen LogP contribution in [0.3, 0.4) is 0 Å². The minimum absolute atomic E-state index is 0.197. The first-order valence-corrected chi connectivity index (χ1v) is 7.54. The summed E-state index contributed by atoms with van der Waals surface area (Å²) in [5.74, 6) is -0.945. The number of benzene rings is 2. The lowest BCUT2D eigenvalue weighted by Crippen LogP contribution is -2.43. The lowest BCUT2D eigenvalue weighted by molar-refractivity contribution is -0.124. The molecule has 0 unspecified atom stereocenters. The number of nitrogens with one attached hydrogen (secondary N) is 2. The number of rotatable bonds is 5. The third-order valence-electron chi connectivity index (χ3n) is 3.26. The third kappa shape index (κ3) is 4.81. The molecule has 126 valence electrons. The van der Waals surface area contributed by atoms with Gasteiger partial charge in [-0.15, -0.1) is 0 Å². The highest BCUT2D eigenvalue weighted by atomic mass is 19.1. The topological polar surface area (TPSA) is 67.4 Å². The molecule has 0 fully saturated rings. The van der Waals surface area contributed by atoms with Gasteiger partial charge in [-0.3, -0.25) is 20.4 Å². The molecule has 5 nitrogen and oxygen atoms in total. The Hall–Kier alpha value is -2.89. The van der Waals surface area contributed by atoms with Crippen molar-refractivity contribution in [2.45, 2.75) is 20.5 Å². The molecule has 0 aromatic heterocycles. The van der Waals surface area contributed by atoms with Gasteiger partial charge in [0.15, 0.2) is 0 Å². The summed E-state index contributed by atoms with van der Waals surface area (Å²) < 4.78 is 18.5. The highest BCUT2D eigenvalue weighted by Crippen LogP contribution is 2.19. The molecule has 0 aliphatic heterocycles. The van der Waals surface area contributed by atoms with Gasteiger partial charge in [-0.1, -0.05) is 38.1 Å². The fourth-order valence-electron chi connectivity index (χ4n) is 1.85. The standard InChI is InChI=1S/C18H19FN2O3/c1-12(2)17(22)20-21-18(23)15-5-3-4-6-16(15)24-11-13-7-9-14(19)10-8-13/h3-10,12H,11H2,1-2H3,(H,20,22)(H,21,23). The smallest absolute Gasteiger partial charge is 0.273 e. The molecule has 2 aromatic carbocycles. The molecule has 2 aromatic rings. The SMILES string of the molecule is CC(C)C(=O)NNC(=O)c1ccccc1OCc1ccc(F)cc1. The summed E-state index contributed by atoms with van der Waals surface area (Å²) in [6.45, 7) is 3.64. The van der Waals surface area contributed by atoms with Crippen LogP contribution in [0, 0.1) is 11.7 Å². The molecule has 0 spiro atoms. The maximum atomic E-state index is 12.9. The van der Waals surface area contributed by atoms with E-state index in [0.717, 1.165) is 5.56 Å². The van der Waals surface area contributed by atoms with Crippen LogP contribution in [0.1, 0.15) is 29.8 Å². The van der Waals surface area contributed by atoms with Gasteiger partial charge in [-0.05, 0) is 29.8 Å². The van der Waals surface area contributed by atoms with E-state index >= 15 is 0 Å². The molecule has 0 aliphatic carbocycles. The van der Waals surface area contributed by atoms with Crippen molar-refractivity contribution >= 4 is 11.8 Å². The number of ether oxygens (including phenoxy) is 1. The molecule has 2 rings (SSSR count). The Bertz CT molecular complexity index is 714. The summed E-state index contributed by atoms with van der Waals surface area (Å²) in [6.07, 6.45) is 0. The summed E-state index contributed by atoms with van der Waals surface area (Å²) in [6, 6.07) is 12.6. The van der Waals surface area contributed by atoms with Crippen molar-refractivity contribution in [3.05, 3.63) is 65.5 Å². The second-order valence-electron chi connectivity index (χ2n) is 5.51. The highest BCUT2D eigenvalue weighted by molar-refractivity contribution is 5.97. The lowest BCUT2D eigenvalue weighted by atomic mass is 10.2. The molecular formula is C18H19FN2O3. The van der Waals surface area contributed by atoms with Gasteiger partial charge in [0, 0.05) is 5.92 Å². The Morgan fingerprint density at radius 2 is 1.71 bits per heavy atom. The second kappa shape index (κ2) is 8.10. The Morgan fingerprint density at radius 3 is 2.38 bits per heavy atom. The van der Waals surface area contributed by atoms with Crippen molar-refractivity contribution < 1.29 is 18.7 Å². The minimum atomic E-state index is -0.473. The molecule has 24 heavy (non-hydrogen) atoms. The predicted molar refractivity (Wildman–Crippen MR) is 87.6 cm³/mol. The number of carbonyl (C=O) groups is 2. The number of carbonyl (C=O) groups excluding carboxylic acids is 2. The van der Waals surface area contributed by atoms with Crippen molar-refractivity contribution in [3.63, 3.8) is 0 Å². The first-order chi connectivity index (χ1) is 11.5. The van der Waals surface area contributed by atoms with Crippen LogP contribution in [0.4, 0.5) is 4.39 Å². The molecule has 0 heterocycles. The molecule has 6 heteroatoms. The molecular weight excluding hydrogens is 311 g/mol. The van der Waals surface area contributed by atoms with Crippen LogP contribution in [0.25, 0.3) is 0 Å². The van der Waals surface area contributed by atoms with Crippen LogP contribution in [0.2, 0.25) is 0 Å². The zero-order valence-corrected chi connectivity index (χ0v) is 13.5. The molecule has 2 N–H and O–H groups in total. The zero-order valence-electron chi connectivity index (χ0n) is 13.5. The molecule has 0 aliphatic rings. The summed E-state index contributed by atoms with van der Waals surface area (Å²) in [7, 11) is 0. The fraction of sp³-hybridized carbons (Fsp3) is 0.222. The fourth-order valence-corrected chi connectivity index (χ4v) is 1.85. The van der Waals surface area contributed by atoms with Gasteiger partial charge in [0.25, 0.3) is 5.91 Å². The number of amides is 2. The van der Waals surface area contributed by atoms with Gasteiger partial charge >= 0.3 is 0 Å². The summed E-state index contributed by atoms with van der Waals surface area (Å²) in [5, 5.41) is 0. The average molecular weight is 330 g/mol. The maximum Gasteiger partial charge on any atom is 0.273 e. The van der Waals surface area contributed by atoms with Crippen molar-refractivity contribution in [3.8, 4) is 5.75 Å². The van der Waals surface area contributed by atoms with E-state index < -0.39 is 5.91 Å². The number of hydrogen-bond acceptors (Lipinski definition) is 3. The van der Waals surface area contributed by atoms with E-state index in [-0.39, 0.29) is 24.2 Å². The van der Waals surface area contributed by atoms with E-state index in [4.69, 9.17) is 4.74 Å². The lowest BCUT2D eigenvalue weighted by Gasteiger charge is -2.13. The van der Waals surface area contributed by atoms with Gasteiger partial charge in [-0.2, -0.15) is 0 Å². The van der Waals surface area contributed by atoms with Crippen LogP contribution < -0.4 is 15.6 Å². The van der Waals surface area contributed by atoms with Crippen molar-refractivity contribution in [2.75, 3.05) is 0 Å². The van der Waals surface area contributed by atoms with Crippen molar-refractivity contribution in [2.24, 2.45) is 5.92 Å². The van der Waals surface area contributed by atoms with Crippen molar-refractivity contribution in [1.82, 2.24) is 10.9 Å². The van der Waals surface area contributed by atoms with Crippen molar-refractivity contribution in [1.29, 1.82) is 0 Å². The summed E-state index contributed by atoms with van der Waals surface area (Å²) >= 11 is 0. The molecule has 2 amide bonds. The Kier molecular flexibility index (Phi) is 5.89. The van der Waals surface area contributed by atoms with E-state index in [9.17, 15) is 14.0 Å². The monoisotopic (exact) mass is 330 g/mol. The van der Waals surface area contributed by atoms with Crippen LogP contribution in [0.5, 0.6) is 5.75 Å². The molecule has 0 saturated carbocycles. The second-order valence-corrected chi connectivity index (χ2v) is 5.51. The Labute approximate surface area is 139 Å². The average Bonchev–Trinajstić information content (AvgIpc) is 2.59. The molecule has 0 saturated heterocycles. The van der Waals surface area contributed by atoms with Crippen LogP contribution in [-0.2, 0) is 11.4 Å². The van der Waals surface area contributed by atoms with Gasteiger partial charge in [0.05, 0.1) is 5.56 Å². The minimum Gasteiger partial charge on any atom is -0.488 e. The first-order valence-electron chi connectivity index (χ1n) is 7.54. The van der Waals surface area contributed by atoms with Crippen LogP contribution in [0.15, 0.2) is 48.5 Å². The van der Waals surface area contributed by atoms with Gasteiger partial charge in [-0.25, -0.2) is 4.39 Å². The molecule has 0 bridgehead atoms. The summed E-state index contributed by atoms with van der Waals surface area (Å²) in [4.78, 5) is 23.7. The van der Waals surface area contributed by atoms with Crippen LogP contribution in [-0.4, -0.2) is 11.8 Å². The van der Waals surface area contributed by atoms with E-state index in [1.165, 1.54) is 12.1 Å². The first kappa shape index (κ1) is 17.5. The van der Waals surface area contributed by atoms with Gasteiger partial charge < -0.3 is 4.74 Å². The predicted octanol–water partition coefficient (Wildman–Crippen LogP) is 2.82. The number of para-hydroxylation sites is 1. The number of hydrazine groups is 1. The Balaban J connectivity index is 2.02. The maximum absolute atomic E-state index is 12.9. The van der Waals surface area contributed by atoms with Gasteiger partial charge in [0.1, 0.15) is 18.2 Å². The Morgan fingerprint density at radius 1 is 1.04 bits per heavy atom. The van der Waals surface area contributed by atoms with E-state index in [2.05, 4.69) is 10.9 Å². The van der Waals surface area contributed by atoms with Gasteiger partial charge in [0.2, 0.25) is 5.91 Å². The van der Waals surface area contributed by atoms with E-state index in [1.54, 1.807) is 50.2 Å². The normalized spacial score (nSPS) is 10.3. The largest absolute Gasteiger partial charge is 0.488 e. The van der Waals surface area contributed by atoms with Crippen LogP contribution >= 0.6 is 0 Å². The highest BCUT2D eigenvalue weighted by Gasteiger charge is 2.14. The quantitative estimate of drug-likeness (QED) is 0.829. The zero-order chi connectivity index (χ0) is 17.5. The number of halogens is 1. The molecule has 0 radical (unpaired) electrons. The molecule has 0 atom stereocenters. The summed E-state index contributed by atoms with van der Waals surface area (Å²) in [5.41, 5.74) is 5.78. The number of hydrogen-bond donors (Lipinski definition) is 2. The van der Waals surface area contributed by atoms with E-state index in [1.807, 2.05) is 0 Å².